The molecule has 144 valence electrons. The number of hydrogen-bond donors (Lipinski definition) is 2. The zero-order chi connectivity index (χ0) is 18.3. The van der Waals surface area contributed by atoms with Crippen LogP contribution in [0, 0.1) is 5.92 Å². The normalized spacial score (nSPS) is 21.3. The largest absolute Gasteiger partial charge is 0.482 e. The van der Waals surface area contributed by atoms with Gasteiger partial charge in [0, 0.05) is 45.0 Å². The van der Waals surface area contributed by atoms with E-state index in [1.54, 1.807) is 34.8 Å². The summed E-state index contributed by atoms with van der Waals surface area (Å²) < 4.78 is 7.17. The summed E-state index contributed by atoms with van der Waals surface area (Å²) in [7, 11) is 3.57. The number of hydrogen-bond acceptors (Lipinski definition) is 5. The molecule has 3 heterocycles. The molecule has 1 saturated heterocycles. The molecule has 1 aromatic heterocycles. The van der Waals surface area contributed by atoms with Crippen molar-refractivity contribution in [2.45, 2.75) is 5.92 Å². The molecule has 0 aliphatic carbocycles. The van der Waals surface area contributed by atoms with Gasteiger partial charge in [-0.05, 0) is 23.8 Å². The van der Waals surface area contributed by atoms with E-state index in [2.05, 4.69) is 15.7 Å². The molecule has 8 nitrogen and oxygen atoms in total. The summed E-state index contributed by atoms with van der Waals surface area (Å²) in [6.07, 6.45) is 3.77. The van der Waals surface area contributed by atoms with Gasteiger partial charge in [0.15, 0.2) is 6.61 Å². The molecule has 1 fully saturated rings. The summed E-state index contributed by atoms with van der Waals surface area (Å²) in [5.74, 6) is 0.396. The molecular formula is C18H22ClN5O3. The number of nitrogens with one attached hydrogen (secondary N) is 2. The number of aromatic nitrogens is 2. The Labute approximate surface area is 163 Å². The number of ether oxygens (including phenoxy) is 1. The molecule has 2 aliphatic rings. The minimum Gasteiger partial charge on any atom is -0.482 e. The van der Waals surface area contributed by atoms with Crippen molar-refractivity contribution in [2.75, 3.05) is 37.0 Å². The van der Waals surface area contributed by atoms with E-state index in [0.717, 1.165) is 12.1 Å². The lowest BCUT2D eigenvalue weighted by Crippen LogP contribution is -2.35. The highest BCUT2D eigenvalue weighted by Gasteiger charge is 2.35. The highest BCUT2D eigenvalue weighted by Crippen LogP contribution is 2.34. The van der Waals surface area contributed by atoms with Crippen LogP contribution in [0.15, 0.2) is 30.6 Å². The number of halogens is 1. The van der Waals surface area contributed by atoms with Gasteiger partial charge in [-0.25, -0.2) is 0 Å². The fraction of sp³-hybridized carbons (Fsp3) is 0.389. The van der Waals surface area contributed by atoms with Crippen molar-refractivity contribution in [1.29, 1.82) is 0 Å². The van der Waals surface area contributed by atoms with Crippen LogP contribution >= 0.6 is 12.4 Å². The predicted octanol–water partition coefficient (Wildman–Crippen LogP) is 1.14. The van der Waals surface area contributed by atoms with E-state index in [4.69, 9.17) is 4.74 Å². The van der Waals surface area contributed by atoms with E-state index in [9.17, 15) is 9.59 Å². The SMILES string of the molecule is CN1C(=O)COc2ccc(NC(=O)[C@H]3CNC[C@@H]3c3cnn(C)c3)cc21.Cl. The molecular weight excluding hydrogens is 370 g/mol. The van der Waals surface area contributed by atoms with Crippen molar-refractivity contribution in [3.63, 3.8) is 0 Å². The van der Waals surface area contributed by atoms with Crippen molar-refractivity contribution in [3.8, 4) is 5.75 Å². The van der Waals surface area contributed by atoms with Gasteiger partial charge in [-0.15, -0.1) is 12.4 Å². The number of rotatable bonds is 3. The molecule has 2 aliphatic heterocycles. The lowest BCUT2D eigenvalue weighted by molar-refractivity contribution is -0.121. The molecule has 4 rings (SSSR count). The molecule has 9 heteroatoms. The van der Waals surface area contributed by atoms with Crippen LogP contribution in [0.4, 0.5) is 11.4 Å². The Kier molecular flexibility index (Phi) is 5.38. The standard InChI is InChI=1S/C18H21N5O3.ClH/c1-22-9-11(6-20-22)13-7-19-8-14(13)18(25)21-12-3-4-16-15(5-12)23(2)17(24)10-26-16;/h3-6,9,13-14,19H,7-8,10H2,1-2H3,(H,21,25);1H/t13-,14+;/m1./s1. The molecule has 0 unspecified atom stereocenters. The van der Waals surface area contributed by atoms with Crippen molar-refractivity contribution in [3.05, 3.63) is 36.2 Å². The van der Waals surface area contributed by atoms with Crippen molar-refractivity contribution >= 4 is 35.6 Å². The number of benzene rings is 1. The average molecular weight is 392 g/mol. The maximum absolute atomic E-state index is 12.8. The number of nitrogens with zero attached hydrogens (tertiary/aromatic N) is 3. The van der Waals surface area contributed by atoms with E-state index in [0.29, 0.717) is 23.7 Å². The molecule has 2 aromatic rings. The van der Waals surface area contributed by atoms with Gasteiger partial charge < -0.3 is 20.3 Å². The fourth-order valence-electron chi connectivity index (χ4n) is 3.52. The summed E-state index contributed by atoms with van der Waals surface area (Å²) in [5.41, 5.74) is 2.37. The lowest BCUT2D eigenvalue weighted by atomic mass is 9.90. The van der Waals surface area contributed by atoms with E-state index < -0.39 is 0 Å². The highest BCUT2D eigenvalue weighted by atomic mass is 35.5. The molecule has 2 atom stereocenters. The Morgan fingerprint density at radius 2 is 2.15 bits per heavy atom. The summed E-state index contributed by atoms with van der Waals surface area (Å²) in [5, 5.41) is 10.5. The number of anilines is 2. The van der Waals surface area contributed by atoms with Gasteiger partial charge in [0.2, 0.25) is 5.91 Å². The van der Waals surface area contributed by atoms with Gasteiger partial charge in [-0.3, -0.25) is 14.3 Å². The maximum Gasteiger partial charge on any atom is 0.264 e. The zero-order valence-electron chi connectivity index (χ0n) is 15.1. The van der Waals surface area contributed by atoms with Crippen LogP contribution in [0.3, 0.4) is 0 Å². The molecule has 27 heavy (non-hydrogen) atoms. The van der Waals surface area contributed by atoms with E-state index in [1.807, 2.05) is 19.4 Å². The van der Waals surface area contributed by atoms with E-state index in [-0.39, 0.29) is 42.7 Å². The summed E-state index contributed by atoms with van der Waals surface area (Å²) in [4.78, 5) is 26.2. The Hall–Kier alpha value is -2.58. The fourth-order valence-corrected chi connectivity index (χ4v) is 3.52. The molecule has 2 N–H and O–H groups in total. The van der Waals surface area contributed by atoms with Crippen LogP contribution < -0.4 is 20.3 Å². The lowest BCUT2D eigenvalue weighted by Gasteiger charge is -2.26. The zero-order valence-corrected chi connectivity index (χ0v) is 16.0. The molecule has 0 radical (unpaired) electrons. The number of likely N-dealkylation sites (N-methyl/N-ethyl adjacent to an activating group) is 1. The van der Waals surface area contributed by atoms with Crippen LogP contribution in [0.2, 0.25) is 0 Å². The minimum atomic E-state index is -0.175. The first-order valence-corrected chi connectivity index (χ1v) is 8.56. The third-order valence-electron chi connectivity index (χ3n) is 5.02. The summed E-state index contributed by atoms with van der Waals surface area (Å²) in [6.45, 7) is 1.41. The van der Waals surface area contributed by atoms with Crippen LogP contribution in [-0.4, -0.2) is 48.3 Å². The third-order valence-corrected chi connectivity index (χ3v) is 5.02. The second-order valence-corrected chi connectivity index (χ2v) is 6.73. The Bertz CT molecular complexity index is 868. The summed E-state index contributed by atoms with van der Waals surface area (Å²) in [6, 6.07) is 5.34. The van der Waals surface area contributed by atoms with E-state index >= 15 is 0 Å². The van der Waals surface area contributed by atoms with Crippen molar-refractivity contribution in [1.82, 2.24) is 15.1 Å². The quantitative estimate of drug-likeness (QED) is 0.819. The first-order valence-electron chi connectivity index (χ1n) is 8.56. The smallest absolute Gasteiger partial charge is 0.264 e. The Balaban J connectivity index is 0.00000210. The third kappa shape index (κ3) is 3.63. The molecule has 0 saturated carbocycles. The molecule has 2 amide bonds. The van der Waals surface area contributed by atoms with Crippen LogP contribution in [0.1, 0.15) is 11.5 Å². The Morgan fingerprint density at radius 1 is 1.33 bits per heavy atom. The second kappa shape index (κ2) is 7.58. The predicted molar refractivity (Wildman–Crippen MR) is 104 cm³/mol. The topological polar surface area (TPSA) is 88.5 Å². The van der Waals surface area contributed by atoms with Gasteiger partial charge in [-0.1, -0.05) is 0 Å². The maximum atomic E-state index is 12.8. The average Bonchev–Trinajstić information content (AvgIpc) is 3.27. The molecule has 0 spiro atoms. The van der Waals surface area contributed by atoms with E-state index in [1.165, 1.54) is 0 Å². The van der Waals surface area contributed by atoms with Crippen molar-refractivity contribution < 1.29 is 14.3 Å². The first kappa shape index (κ1) is 19.2. The van der Waals surface area contributed by atoms with Gasteiger partial charge in [-0.2, -0.15) is 5.10 Å². The number of amides is 2. The highest BCUT2D eigenvalue weighted by molar-refractivity contribution is 5.99. The van der Waals surface area contributed by atoms with Gasteiger partial charge in [0.25, 0.3) is 5.91 Å². The van der Waals surface area contributed by atoms with Gasteiger partial charge in [0.1, 0.15) is 5.75 Å². The summed E-state index contributed by atoms with van der Waals surface area (Å²) >= 11 is 0. The van der Waals surface area contributed by atoms with Crippen LogP contribution in [0.25, 0.3) is 0 Å². The van der Waals surface area contributed by atoms with Crippen LogP contribution in [-0.2, 0) is 16.6 Å². The first-order chi connectivity index (χ1) is 12.5. The monoisotopic (exact) mass is 391 g/mol. The number of carbonyl (C=O) groups excluding carboxylic acids is 2. The molecule has 1 aromatic carbocycles. The Morgan fingerprint density at radius 3 is 2.89 bits per heavy atom. The number of aryl methyl sites for hydroxylation is 1. The number of fused-ring (bicyclic) bond motifs is 1. The van der Waals surface area contributed by atoms with Gasteiger partial charge >= 0.3 is 0 Å². The minimum absolute atomic E-state index is 0. The second-order valence-electron chi connectivity index (χ2n) is 6.73. The number of carbonyl (C=O) groups is 2. The molecule has 0 bridgehead atoms. The van der Waals surface area contributed by atoms with Gasteiger partial charge in [0.05, 0.1) is 17.8 Å². The van der Waals surface area contributed by atoms with Crippen molar-refractivity contribution in [2.24, 2.45) is 13.0 Å². The van der Waals surface area contributed by atoms with Crippen LogP contribution in [0.5, 0.6) is 5.75 Å².